The highest BCUT2D eigenvalue weighted by Gasteiger charge is 2.50. The minimum absolute atomic E-state index is 1.03. The van der Waals surface area contributed by atoms with Gasteiger partial charge in [-0.1, -0.05) is 54.6 Å². The van der Waals surface area contributed by atoms with Crippen LogP contribution in [0.15, 0.2) is 91.0 Å². The van der Waals surface area contributed by atoms with Gasteiger partial charge in [-0.3, -0.25) is 0 Å². The van der Waals surface area contributed by atoms with Crippen molar-refractivity contribution < 1.29 is 0 Å². The normalized spacial score (nSPS) is 11.6. The largest absolute Gasteiger partial charge is 0.181 e. The van der Waals surface area contributed by atoms with E-state index < -0.39 is 7.41 Å². The van der Waals surface area contributed by atoms with Crippen LogP contribution >= 0.6 is 7.41 Å². The molecule has 0 spiro atoms. The van der Waals surface area contributed by atoms with Gasteiger partial charge in [-0.25, -0.2) is 0 Å². The van der Waals surface area contributed by atoms with E-state index >= 15 is 0 Å². The third kappa shape index (κ3) is 2.90. The van der Waals surface area contributed by atoms with Crippen molar-refractivity contribution in [3.8, 4) is 0 Å². The van der Waals surface area contributed by atoms with Crippen molar-refractivity contribution in [2.45, 2.75) is 13.8 Å². The molecule has 0 unspecified atom stereocenters. The van der Waals surface area contributed by atoms with Crippen LogP contribution in [0.3, 0.4) is 0 Å². The van der Waals surface area contributed by atoms with Gasteiger partial charge >= 0.3 is 0 Å². The van der Waals surface area contributed by atoms with Gasteiger partial charge in [0, 0.05) is 13.1 Å². The molecule has 0 N–H and O–H groups in total. The second kappa shape index (κ2) is 7.75. The summed E-state index contributed by atoms with van der Waals surface area (Å²) in [6.45, 7) is 6.60. The van der Waals surface area contributed by atoms with Gasteiger partial charge < -0.3 is 0 Å². The third-order valence-corrected chi connectivity index (χ3v) is 9.09. The Labute approximate surface area is 146 Å². The van der Waals surface area contributed by atoms with Crippen LogP contribution in [0.4, 0.5) is 0 Å². The predicted molar refractivity (Wildman–Crippen MR) is 108 cm³/mol. The van der Waals surface area contributed by atoms with Crippen molar-refractivity contribution in [2.75, 3.05) is 13.1 Å². The smallest absolute Gasteiger partial charge is 0.167 e. The third-order valence-electron chi connectivity index (χ3n) is 4.54. The molecular weight excluding hydrogens is 309 g/mol. The van der Waals surface area contributed by atoms with E-state index in [4.69, 9.17) is 0 Å². The van der Waals surface area contributed by atoms with Crippen molar-refractivity contribution in [1.82, 2.24) is 4.67 Å². The molecule has 3 aromatic carbocycles. The molecule has 3 rings (SSSR count). The zero-order valence-corrected chi connectivity index (χ0v) is 15.4. The fourth-order valence-electron chi connectivity index (χ4n) is 3.52. The number of hydrogen-bond acceptors (Lipinski definition) is 1. The van der Waals surface area contributed by atoms with Gasteiger partial charge in [-0.15, -0.1) is 0 Å². The van der Waals surface area contributed by atoms with Gasteiger partial charge in [0.1, 0.15) is 15.9 Å². The second-order valence-corrected chi connectivity index (χ2v) is 9.17. The van der Waals surface area contributed by atoms with E-state index in [-0.39, 0.29) is 0 Å². The van der Waals surface area contributed by atoms with E-state index in [1.807, 2.05) is 0 Å². The monoisotopic (exact) mass is 334 g/mol. The van der Waals surface area contributed by atoms with Crippen LogP contribution < -0.4 is 15.9 Å². The Kier molecular flexibility index (Phi) is 5.45. The molecule has 0 saturated heterocycles. The summed E-state index contributed by atoms with van der Waals surface area (Å²) in [6, 6.07) is 33.1. The summed E-state index contributed by atoms with van der Waals surface area (Å²) in [6.07, 6.45) is 0. The SMILES string of the molecule is CCN(CC)[P+](c1ccccc1)(c1ccccc1)c1ccccc1. The maximum absolute atomic E-state index is 2.66. The van der Waals surface area contributed by atoms with E-state index in [1.165, 1.54) is 15.9 Å². The number of hydrogen-bond donors (Lipinski definition) is 0. The Morgan fingerprint density at radius 1 is 0.542 bits per heavy atom. The van der Waals surface area contributed by atoms with Crippen LogP contribution in [0, 0.1) is 0 Å². The Morgan fingerprint density at radius 2 is 0.833 bits per heavy atom. The minimum Gasteiger partial charge on any atom is -0.167 e. The molecule has 24 heavy (non-hydrogen) atoms. The maximum atomic E-state index is 2.66. The molecule has 0 aliphatic rings. The molecule has 0 radical (unpaired) electrons. The van der Waals surface area contributed by atoms with Gasteiger partial charge in [-0.05, 0) is 50.2 Å². The lowest BCUT2D eigenvalue weighted by atomic mass is 10.4. The molecule has 0 saturated carbocycles. The highest BCUT2D eigenvalue weighted by atomic mass is 31.2. The average Bonchev–Trinajstić information content (AvgIpc) is 2.68. The second-order valence-electron chi connectivity index (χ2n) is 5.78. The first kappa shape index (κ1) is 16.9. The Bertz CT molecular complexity index is 640. The molecule has 122 valence electrons. The Hall–Kier alpha value is -1.95. The average molecular weight is 334 g/mol. The quantitative estimate of drug-likeness (QED) is 0.610. The molecule has 1 nitrogen and oxygen atoms in total. The van der Waals surface area contributed by atoms with E-state index in [0.29, 0.717) is 0 Å². The van der Waals surface area contributed by atoms with Gasteiger partial charge in [0.05, 0.1) is 0 Å². The molecule has 0 amide bonds. The van der Waals surface area contributed by atoms with Crippen LogP contribution in [0.5, 0.6) is 0 Å². The summed E-state index contributed by atoms with van der Waals surface area (Å²) in [5.41, 5.74) is 0. The van der Waals surface area contributed by atoms with E-state index in [0.717, 1.165) is 13.1 Å². The molecule has 0 bridgehead atoms. The van der Waals surface area contributed by atoms with E-state index in [2.05, 4.69) is 110 Å². The van der Waals surface area contributed by atoms with Gasteiger partial charge in [0.2, 0.25) is 0 Å². The zero-order chi connectivity index (χ0) is 16.8. The van der Waals surface area contributed by atoms with Crippen LogP contribution in [0.25, 0.3) is 0 Å². The molecule has 0 aliphatic carbocycles. The van der Waals surface area contributed by atoms with Gasteiger partial charge in [-0.2, -0.15) is 4.67 Å². The number of nitrogens with zero attached hydrogens (tertiary/aromatic N) is 1. The number of rotatable bonds is 6. The topological polar surface area (TPSA) is 3.24 Å². The molecule has 0 fully saturated rings. The fourth-order valence-corrected chi connectivity index (χ4v) is 8.05. The highest BCUT2D eigenvalue weighted by molar-refractivity contribution is 7.93. The van der Waals surface area contributed by atoms with Crippen molar-refractivity contribution in [3.05, 3.63) is 91.0 Å². The van der Waals surface area contributed by atoms with E-state index in [1.54, 1.807) is 0 Å². The van der Waals surface area contributed by atoms with Crippen LogP contribution in [-0.4, -0.2) is 17.8 Å². The van der Waals surface area contributed by atoms with Crippen molar-refractivity contribution >= 4 is 23.3 Å². The summed E-state index contributed by atoms with van der Waals surface area (Å²) in [5.74, 6) is 0. The molecule has 3 aromatic rings. The summed E-state index contributed by atoms with van der Waals surface area (Å²) in [4.78, 5) is 0. The van der Waals surface area contributed by atoms with E-state index in [9.17, 15) is 0 Å². The van der Waals surface area contributed by atoms with Gasteiger partial charge in [0.15, 0.2) is 7.41 Å². The Balaban J connectivity index is 2.37. The maximum Gasteiger partial charge on any atom is 0.181 e. The number of benzene rings is 3. The lowest BCUT2D eigenvalue weighted by Crippen LogP contribution is -2.43. The van der Waals surface area contributed by atoms with Crippen molar-refractivity contribution in [3.63, 3.8) is 0 Å². The van der Waals surface area contributed by atoms with Crippen LogP contribution in [0.1, 0.15) is 13.8 Å². The predicted octanol–water partition coefficient (Wildman–Crippen LogP) is 4.24. The molecular formula is C22H25NP+. The Morgan fingerprint density at radius 3 is 1.08 bits per heavy atom. The van der Waals surface area contributed by atoms with Crippen LogP contribution in [-0.2, 0) is 0 Å². The fraction of sp³-hybridized carbons (Fsp3) is 0.182. The molecule has 2 heteroatoms. The lowest BCUT2D eigenvalue weighted by molar-refractivity contribution is 0.509. The molecule has 0 aromatic heterocycles. The first-order chi connectivity index (χ1) is 11.8. The van der Waals surface area contributed by atoms with Gasteiger partial charge in [0.25, 0.3) is 0 Å². The summed E-state index contributed by atoms with van der Waals surface area (Å²) >= 11 is 0. The minimum atomic E-state index is -1.83. The van der Waals surface area contributed by atoms with Crippen molar-refractivity contribution in [2.24, 2.45) is 0 Å². The molecule has 0 atom stereocenters. The summed E-state index contributed by atoms with van der Waals surface area (Å²) in [5, 5.41) is 4.27. The summed E-state index contributed by atoms with van der Waals surface area (Å²) in [7, 11) is -1.83. The first-order valence-corrected chi connectivity index (χ1v) is 10.4. The van der Waals surface area contributed by atoms with Crippen molar-refractivity contribution in [1.29, 1.82) is 0 Å². The molecule has 0 aliphatic heterocycles. The summed E-state index contributed by atoms with van der Waals surface area (Å²) < 4.78 is 2.66. The lowest BCUT2D eigenvalue weighted by Gasteiger charge is -2.35. The highest BCUT2D eigenvalue weighted by Crippen LogP contribution is 2.58. The first-order valence-electron chi connectivity index (χ1n) is 8.65. The molecule has 0 heterocycles. The van der Waals surface area contributed by atoms with Crippen LogP contribution in [0.2, 0.25) is 0 Å². The standard InChI is InChI=1S/C22H25NP/c1-3-23(4-2)24(20-14-8-5-9-15-20,21-16-10-6-11-17-21)22-18-12-7-13-19-22/h5-19H,3-4H2,1-2H3/q+1. The zero-order valence-electron chi connectivity index (χ0n) is 14.5.